The van der Waals surface area contributed by atoms with E-state index >= 15 is 0 Å². The van der Waals surface area contributed by atoms with Gasteiger partial charge in [0.15, 0.2) is 5.78 Å². The van der Waals surface area contributed by atoms with E-state index in [2.05, 4.69) is 28.1 Å². The molecule has 1 nitrogen and oxygen atoms in total. The molecule has 0 aliphatic heterocycles. The first-order chi connectivity index (χ1) is 8.27. The normalized spacial score (nSPS) is 19.7. The molecule has 0 saturated carbocycles. The van der Waals surface area contributed by atoms with E-state index in [-0.39, 0.29) is 11.7 Å². The fourth-order valence-corrected chi connectivity index (χ4v) is 2.39. The lowest BCUT2D eigenvalue weighted by atomic mass is 9.90. The van der Waals surface area contributed by atoms with Gasteiger partial charge in [-0.05, 0) is 37.0 Å². The molecule has 0 amide bonds. The average molecular weight is 291 g/mol. The summed E-state index contributed by atoms with van der Waals surface area (Å²) in [5.74, 6) is 0.420. The van der Waals surface area contributed by atoms with Crippen LogP contribution in [0.2, 0.25) is 0 Å². The molecule has 1 aliphatic rings. The number of benzene rings is 1. The lowest BCUT2D eigenvalue weighted by Crippen LogP contribution is -2.12. The van der Waals surface area contributed by atoms with Crippen LogP contribution in [0.3, 0.4) is 0 Å². The zero-order valence-corrected chi connectivity index (χ0v) is 11.2. The summed E-state index contributed by atoms with van der Waals surface area (Å²) >= 11 is 3.47. The molecule has 2 heteroatoms. The van der Waals surface area contributed by atoms with Crippen molar-refractivity contribution < 1.29 is 4.79 Å². The maximum Gasteiger partial charge on any atom is 0.159 e. The van der Waals surface area contributed by atoms with Crippen molar-refractivity contribution in [2.75, 3.05) is 0 Å². The van der Waals surface area contributed by atoms with Gasteiger partial charge in [-0.3, -0.25) is 4.79 Å². The molecule has 1 atom stereocenters. The van der Waals surface area contributed by atoms with Gasteiger partial charge in [-0.2, -0.15) is 0 Å². The highest BCUT2D eigenvalue weighted by Crippen LogP contribution is 2.21. The highest BCUT2D eigenvalue weighted by Gasteiger charge is 2.15. The first-order valence-electron chi connectivity index (χ1n) is 5.89. The van der Waals surface area contributed by atoms with Gasteiger partial charge < -0.3 is 0 Å². The third-order valence-electron chi connectivity index (χ3n) is 3.00. The van der Waals surface area contributed by atoms with Crippen molar-refractivity contribution in [2.45, 2.75) is 19.3 Å². The molecular weight excluding hydrogens is 276 g/mol. The molecule has 0 saturated heterocycles. The third kappa shape index (κ3) is 3.40. The molecule has 0 spiro atoms. The van der Waals surface area contributed by atoms with Gasteiger partial charge in [-0.15, -0.1) is 0 Å². The molecule has 0 bridgehead atoms. The van der Waals surface area contributed by atoms with Crippen LogP contribution in [0.1, 0.15) is 24.8 Å². The van der Waals surface area contributed by atoms with Crippen molar-refractivity contribution in [1.82, 2.24) is 0 Å². The molecule has 0 radical (unpaired) electrons. The Morgan fingerprint density at radius 3 is 2.82 bits per heavy atom. The van der Waals surface area contributed by atoms with Gasteiger partial charge in [0.05, 0.1) is 0 Å². The van der Waals surface area contributed by atoms with E-state index in [0.29, 0.717) is 0 Å². The number of hydrogen-bond acceptors (Lipinski definition) is 1. The predicted molar refractivity (Wildman–Crippen MR) is 74.7 cm³/mol. The van der Waals surface area contributed by atoms with E-state index in [1.165, 1.54) is 0 Å². The summed E-state index contributed by atoms with van der Waals surface area (Å²) < 4.78 is 1.02. The number of hydrogen-bond donors (Lipinski definition) is 0. The Bertz CT molecular complexity index is 460. The summed E-state index contributed by atoms with van der Waals surface area (Å²) in [5.41, 5.74) is 1.05. The quantitative estimate of drug-likeness (QED) is 0.596. The summed E-state index contributed by atoms with van der Waals surface area (Å²) in [6, 6.07) is 7.91. The van der Waals surface area contributed by atoms with Crippen LogP contribution >= 0.6 is 15.9 Å². The predicted octanol–water partition coefficient (Wildman–Crippen LogP) is 4.39. The van der Waals surface area contributed by atoms with Gasteiger partial charge in [0.25, 0.3) is 0 Å². The van der Waals surface area contributed by atoms with Crippen molar-refractivity contribution in [1.29, 1.82) is 0 Å². The second kappa shape index (κ2) is 5.97. The lowest BCUT2D eigenvalue weighted by molar-refractivity contribution is -0.118. The molecule has 0 aromatic heterocycles. The van der Waals surface area contributed by atoms with E-state index in [0.717, 1.165) is 29.3 Å². The zero-order valence-electron chi connectivity index (χ0n) is 9.60. The summed E-state index contributed by atoms with van der Waals surface area (Å²) in [7, 11) is 0. The van der Waals surface area contributed by atoms with E-state index in [9.17, 15) is 4.79 Å². The Balaban J connectivity index is 2.03. The second-order valence-corrected chi connectivity index (χ2v) is 5.09. The summed E-state index contributed by atoms with van der Waals surface area (Å²) in [6.07, 6.45) is 10.8. The molecule has 1 unspecified atom stereocenters. The SMILES string of the molecule is O=C(/C=C/c1ccccc1Br)C1CC=CCC1. The number of rotatable bonds is 3. The topological polar surface area (TPSA) is 17.1 Å². The maximum atomic E-state index is 11.9. The van der Waals surface area contributed by atoms with Gasteiger partial charge in [0.2, 0.25) is 0 Å². The van der Waals surface area contributed by atoms with Gasteiger partial charge in [-0.1, -0.05) is 52.4 Å². The molecule has 17 heavy (non-hydrogen) atoms. The number of halogens is 1. The van der Waals surface area contributed by atoms with Gasteiger partial charge >= 0.3 is 0 Å². The van der Waals surface area contributed by atoms with E-state index in [4.69, 9.17) is 0 Å². The second-order valence-electron chi connectivity index (χ2n) is 4.24. The fraction of sp³-hybridized carbons (Fsp3) is 0.267. The van der Waals surface area contributed by atoms with E-state index in [1.54, 1.807) is 6.08 Å². The van der Waals surface area contributed by atoms with Gasteiger partial charge in [-0.25, -0.2) is 0 Å². The monoisotopic (exact) mass is 290 g/mol. The van der Waals surface area contributed by atoms with E-state index in [1.807, 2.05) is 30.3 Å². The van der Waals surface area contributed by atoms with Crippen molar-refractivity contribution in [3.05, 3.63) is 52.5 Å². The molecule has 0 heterocycles. The molecule has 0 fully saturated rings. The van der Waals surface area contributed by atoms with Crippen LogP contribution in [-0.2, 0) is 4.79 Å². The van der Waals surface area contributed by atoms with E-state index < -0.39 is 0 Å². The van der Waals surface area contributed by atoms with Crippen LogP contribution < -0.4 is 0 Å². The first-order valence-corrected chi connectivity index (χ1v) is 6.68. The van der Waals surface area contributed by atoms with Crippen LogP contribution in [-0.4, -0.2) is 5.78 Å². The molecule has 1 aromatic rings. The summed E-state index contributed by atoms with van der Waals surface area (Å²) in [5, 5.41) is 0. The molecule has 1 aromatic carbocycles. The molecular formula is C15H15BrO. The van der Waals surface area contributed by atoms with Gasteiger partial charge in [0, 0.05) is 10.4 Å². The minimum Gasteiger partial charge on any atom is -0.295 e. The lowest BCUT2D eigenvalue weighted by Gasteiger charge is -2.13. The van der Waals surface area contributed by atoms with Crippen LogP contribution in [0, 0.1) is 5.92 Å². The first kappa shape index (κ1) is 12.3. The standard InChI is InChI=1S/C15H15BrO/c16-14-9-5-4-6-12(14)10-11-15(17)13-7-2-1-3-8-13/h1-2,4-6,9-11,13H,3,7-8H2/b11-10+. The Labute approximate surface area is 110 Å². The highest BCUT2D eigenvalue weighted by molar-refractivity contribution is 9.10. The Kier molecular flexibility index (Phi) is 4.32. The molecule has 0 N–H and O–H groups in total. The summed E-state index contributed by atoms with van der Waals surface area (Å²) in [4.78, 5) is 11.9. The molecule has 2 rings (SSSR count). The Morgan fingerprint density at radius 1 is 1.29 bits per heavy atom. The Morgan fingerprint density at radius 2 is 2.12 bits per heavy atom. The minimum atomic E-state index is 0.179. The molecule has 88 valence electrons. The third-order valence-corrected chi connectivity index (χ3v) is 3.73. The minimum absolute atomic E-state index is 0.179. The Hall–Kier alpha value is -1.15. The number of ketones is 1. The smallest absolute Gasteiger partial charge is 0.159 e. The fourth-order valence-electron chi connectivity index (χ4n) is 1.97. The number of allylic oxidation sites excluding steroid dienone is 3. The average Bonchev–Trinajstić information content (AvgIpc) is 2.38. The van der Waals surface area contributed by atoms with Crippen LogP contribution in [0.4, 0.5) is 0 Å². The van der Waals surface area contributed by atoms with Crippen molar-refractivity contribution >= 4 is 27.8 Å². The van der Waals surface area contributed by atoms with Crippen LogP contribution in [0.25, 0.3) is 6.08 Å². The van der Waals surface area contributed by atoms with Crippen molar-refractivity contribution in [3.63, 3.8) is 0 Å². The number of carbonyl (C=O) groups excluding carboxylic acids is 1. The van der Waals surface area contributed by atoms with Crippen LogP contribution in [0.5, 0.6) is 0 Å². The maximum absolute atomic E-state index is 11.9. The highest BCUT2D eigenvalue weighted by atomic mass is 79.9. The zero-order chi connectivity index (χ0) is 12.1. The number of carbonyl (C=O) groups is 1. The largest absolute Gasteiger partial charge is 0.295 e. The van der Waals surface area contributed by atoms with Crippen molar-refractivity contribution in [2.24, 2.45) is 5.92 Å². The summed E-state index contributed by atoms with van der Waals surface area (Å²) in [6.45, 7) is 0. The molecule has 1 aliphatic carbocycles. The van der Waals surface area contributed by atoms with Crippen LogP contribution in [0.15, 0.2) is 47.0 Å². The van der Waals surface area contributed by atoms with Crippen molar-refractivity contribution in [3.8, 4) is 0 Å². The van der Waals surface area contributed by atoms with Gasteiger partial charge in [0.1, 0.15) is 0 Å².